The van der Waals surface area contributed by atoms with Crippen molar-refractivity contribution >= 4 is 5.78 Å². The third-order valence-corrected chi connectivity index (χ3v) is 7.10. The first-order chi connectivity index (χ1) is 18.3. The van der Waals surface area contributed by atoms with E-state index in [1.807, 2.05) is 63.6 Å². The lowest BCUT2D eigenvalue weighted by molar-refractivity contribution is 0.0992. The molecule has 3 aromatic heterocycles. The van der Waals surface area contributed by atoms with Crippen LogP contribution in [0.5, 0.6) is 0 Å². The third kappa shape index (κ3) is 5.53. The highest BCUT2D eigenvalue weighted by Gasteiger charge is 2.21. The molecule has 4 heterocycles. The Morgan fingerprint density at radius 1 is 1.08 bits per heavy atom. The van der Waals surface area contributed by atoms with Crippen LogP contribution in [-0.2, 0) is 18.4 Å². The number of benzene rings is 1. The monoisotopic (exact) mass is 505 g/mol. The largest absolute Gasteiger partial charge is 0.299 e. The summed E-state index contributed by atoms with van der Waals surface area (Å²) in [5.41, 5.74) is 5.91. The molecule has 192 valence electrons. The summed E-state index contributed by atoms with van der Waals surface area (Å²) < 4.78 is 1.70. The van der Waals surface area contributed by atoms with Crippen LogP contribution in [0, 0.1) is 18.3 Å². The Kier molecular flexibility index (Phi) is 7.12. The van der Waals surface area contributed by atoms with Gasteiger partial charge in [0.05, 0.1) is 29.1 Å². The van der Waals surface area contributed by atoms with Crippen LogP contribution in [-0.4, -0.2) is 48.7 Å². The Morgan fingerprint density at radius 2 is 1.89 bits per heavy atom. The summed E-state index contributed by atoms with van der Waals surface area (Å²) in [6, 6.07) is 13.7. The SMILES string of the molecule is Cc1ncc(CC(=O)c2cccc(C(C)(C)C#N)c2)cc1-n1cc(-c2cncc(CN3CCCC3)c2)nn1. The highest BCUT2D eigenvalue weighted by atomic mass is 16.1. The smallest absolute Gasteiger partial charge is 0.167 e. The zero-order valence-electron chi connectivity index (χ0n) is 22.1. The molecule has 0 radical (unpaired) electrons. The Labute approximate surface area is 223 Å². The lowest BCUT2D eigenvalue weighted by Crippen LogP contribution is -2.18. The van der Waals surface area contributed by atoms with E-state index < -0.39 is 5.41 Å². The lowest BCUT2D eigenvalue weighted by Gasteiger charge is -2.16. The molecule has 1 aromatic carbocycles. The van der Waals surface area contributed by atoms with E-state index >= 15 is 0 Å². The van der Waals surface area contributed by atoms with E-state index in [2.05, 4.69) is 37.3 Å². The van der Waals surface area contributed by atoms with Crippen LogP contribution in [0.15, 0.2) is 61.2 Å². The molecule has 38 heavy (non-hydrogen) atoms. The molecular weight excluding hydrogens is 474 g/mol. The van der Waals surface area contributed by atoms with Gasteiger partial charge in [0.15, 0.2) is 5.78 Å². The van der Waals surface area contributed by atoms with E-state index in [0.29, 0.717) is 5.56 Å². The maximum Gasteiger partial charge on any atom is 0.167 e. The van der Waals surface area contributed by atoms with Gasteiger partial charge >= 0.3 is 0 Å². The summed E-state index contributed by atoms with van der Waals surface area (Å²) in [5.74, 6) is -0.0302. The summed E-state index contributed by atoms with van der Waals surface area (Å²) in [6.45, 7) is 8.76. The average Bonchev–Trinajstić information content (AvgIpc) is 3.63. The van der Waals surface area contributed by atoms with Crippen molar-refractivity contribution in [1.82, 2.24) is 29.9 Å². The zero-order valence-corrected chi connectivity index (χ0v) is 22.1. The molecule has 0 bridgehead atoms. The van der Waals surface area contributed by atoms with Crippen molar-refractivity contribution in [3.63, 3.8) is 0 Å². The van der Waals surface area contributed by atoms with Gasteiger partial charge < -0.3 is 0 Å². The number of nitrogens with zero attached hydrogens (tertiary/aromatic N) is 7. The Hall–Kier alpha value is -4.22. The standard InChI is InChI=1S/C30H31N7O/c1-21-28(12-22(16-33-21)13-29(38)24-7-6-8-26(14-24)30(2,3)20-31)37-19-27(34-35-37)25-11-23(15-32-17-25)18-36-9-4-5-10-36/h6-8,11-12,14-17,19H,4-5,9-10,13,18H2,1-3H3. The number of nitriles is 1. The number of ketones is 1. The van der Waals surface area contributed by atoms with Crippen molar-refractivity contribution in [2.45, 2.75) is 52.0 Å². The van der Waals surface area contributed by atoms with Gasteiger partial charge in [-0.15, -0.1) is 5.10 Å². The van der Waals surface area contributed by atoms with Crippen molar-refractivity contribution in [1.29, 1.82) is 5.26 Å². The quantitative estimate of drug-likeness (QED) is 0.315. The molecule has 4 aromatic rings. The molecule has 0 aliphatic carbocycles. The predicted molar refractivity (Wildman–Crippen MR) is 145 cm³/mol. The molecule has 0 N–H and O–H groups in total. The Bertz CT molecular complexity index is 1510. The molecule has 1 aliphatic rings. The number of carbonyl (C=O) groups is 1. The lowest BCUT2D eigenvalue weighted by atomic mass is 9.85. The van der Waals surface area contributed by atoms with Gasteiger partial charge in [-0.2, -0.15) is 5.26 Å². The number of rotatable bonds is 8. The van der Waals surface area contributed by atoms with Gasteiger partial charge in [0.25, 0.3) is 0 Å². The minimum Gasteiger partial charge on any atom is -0.299 e. The van der Waals surface area contributed by atoms with Gasteiger partial charge in [0.1, 0.15) is 5.69 Å². The molecule has 0 spiro atoms. The number of carbonyl (C=O) groups excluding carboxylic acids is 1. The van der Waals surface area contributed by atoms with Crippen molar-refractivity contribution in [3.8, 4) is 23.0 Å². The molecule has 0 atom stereocenters. The van der Waals surface area contributed by atoms with Crippen molar-refractivity contribution in [3.05, 3.63) is 89.1 Å². The maximum absolute atomic E-state index is 13.1. The Balaban J connectivity index is 1.35. The number of pyridine rings is 2. The van der Waals surface area contributed by atoms with Gasteiger partial charge in [-0.3, -0.25) is 19.7 Å². The van der Waals surface area contributed by atoms with Crippen LogP contribution in [0.3, 0.4) is 0 Å². The molecule has 0 saturated carbocycles. The molecule has 8 nitrogen and oxygen atoms in total. The average molecular weight is 506 g/mol. The van der Waals surface area contributed by atoms with Crippen molar-refractivity contribution < 1.29 is 4.79 Å². The molecule has 0 amide bonds. The van der Waals surface area contributed by atoms with Crippen molar-refractivity contribution in [2.75, 3.05) is 13.1 Å². The first-order valence-electron chi connectivity index (χ1n) is 12.9. The normalized spacial score (nSPS) is 13.9. The molecule has 1 fully saturated rings. The third-order valence-electron chi connectivity index (χ3n) is 7.10. The van der Waals surface area contributed by atoms with Gasteiger partial charge in [0, 0.05) is 42.7 Å². The number of aromatic nitrogens is 5. The minimum atomic E-state index is -0.664. The summed E-state index contributed by atoms with van der Waals surface area (Å²) in [7, 11) is 0. The van der Waals surface area contributed by atoms with Crippen LogP contribution in [0.25, 0.3) is 16.9 Å². The number of hydrogen-bond donors (Lipinski definition) is 0. The van der Waals surface area contributed by atoms with Crippen LogP contribution in [0.4, 0.5) is 0 Å². The summed E-state index contributed by atoms with van der Waals surface area (Å²) in [4.78, 5) is 24.5. The zero-order chi connectivity index (χ0) is 26.7. The molecule has 1 aliphatic heterocycles. The summed E-state index contributed by atoms with van der Waals surface area (Å²) in [5, 5.41) is 18.2. The van der Waals surface area contributed by atoms with E-state index in [9.17, 15) is 10.1 Å². The van der Waals surface area contributed by atoms with E-state index in [0.717, 1.165) is 53.4 Å². The molecule has 1 saturated heterocycles. The number of hydrogen-bond acceptors (Lipinski definition) is 7. The molecule has 5 rings (SSSR count). The first-order valence-corrected chi connectivity index (χ1v) is 12.9. The van der Waals surface area contributed by atoms with Crippen molar-refractivity contribution in [2.24, 2.45) is 0 Å². The maximum atomic E-state index is 13.1. The van der Waals surface area contributed by atoms with Crippen LogP contribution in [0.1, 0.15) is 59.4 Å². The topological polar surface area (TPSA) is 101 Å². The number of Topliss-reactive ketones (excluding diaryl/α,β-unsaturated/α-hetero) is 1. The highest BCUT2D eigenvalue weighted by molar-refractivity contribution is 5.97. The van der Waals surface area contributed by atoms with E-state index in [1.165, 1.54) is 18.4 Å². The van der Waals surface area contributed by atoms with Gasteiger partial charge in [-0.25, -0.2) is 4.68 Å². The molecule has 0 unspecified atom stereocenters. The fourth-order valence-corrected chi connectivity index (χ4v) is 4.75. The van der Waals surface area contributed by atoms with E-state index in [1.54, 1.807) is 16.9 Å². The Morgan fingerprint density at radius 3 is 2.68 bits per heavy atom. The second-order valence-corrected chi connectivity index (χ2v) is 10.5. The summed E-state index contributed by atoms with van der Waals surface area (Å²) in [6.07, 6.45) is 10.0. The number of aryl methyl sites for hydroxylation is 1. The minimum absolute atomic E-state index is 0.0302. The van der Waals surface area contributed by atoms with Crippen LogP contribution >= 0.6 is 0 Å². The van der Waals surface area contributed by atoms with E-state index in [4.69, 9.17) is 0 Å². The second-order valence-electron chi connectivity index (χ2n) is 10.5. The van der Waals surface area contributed by atoms with Gasteiger partial charge in [0.2, 0.25) is 0 Å². The van der Waals surface area contributed by atoms with Crippen LogP contribution < -0.4 is 0 Å². The number of likely N-dealkylation sites (tertiary alicyclic amines) is 1. The second kappa shape index (κ2) is 10.6. The molecule has 8 heteroatoms. The van der Waals surface area contributed by atoms with E-state index in [-0.39, 0.29) is 12.2 Å². The summed E-state index contributed by atoms with van der Waals surface area (Å²) >= 11 is 0. The fraction of sp³-hybridized carbons (Fsp3) is 0.333. The highest BCUT2D eigenvalue weighted by Crippen LogP contribution is 2.24. The van der Waals surface area contributed by atoms with Crippen LogP contribution in [0.2, 0.25) is 0 Å². The predicted octanol–water partition coefficient (Wildman–Crippen LogP) is 4.86. The van der Waals surface area contributed by atoms with Gasteiger partial charge in [-0.05, 0) is 81.6 Å². The van der Waals surface area contributed by atoms with Gasteiger partial charge in [-0.1, -0.05) is 23.4 Å². The first kappa shape index (κ1) is 25.4. The fourth-order valence-electron chi connectivity index (χ4n) is 4.75. The molecular formula is C30H31N7O.